The Balaban J connectivity index is 2.71. The lowest BCUT2D eigenvalue weighted by Gasteiger charge is -2.21. The van der Waals surface area contributed by atoms with Crippen LogP contribution >= 0.6 is 0 Å². The van der Waals surface area contributed by atoms with Gasteiger partial charge in [-0.2, -0.15) is 0 Å². The molecule has 6 nitrogen and oxygen atoms in total. The zero-order chi connectivity index (χ0) is 11.7. The monoisotopic (exact) mass is 236 g/mol. The Morgan fingerprint density at radius 1 is 1.53 bits per heavy atom. The number of carbonyl (C=O) groups is 1. The maximum Gasteiger partial charge on any atom is 0.255 e. The molecule has 0 aromatic rings. The summed E-state index contributed by atoms with van der Waals surface area (Å²) in [5.41, 5.74) is 4.50. The predicted octanol–water partition coefficient (Wildman–Crippen LogP) is -1.04. The van der Waals surface area contributed by atoms with Gasteiger partial charge in [0.2, 0.25) is 10.0 Å². The van der Waals surface area contributed by atoms with Gasteiger partial charge in [-0.1, -0.05) is 0 Å². The first-order valence-corrected chi connectivity index (χ1v) is 6.25. The fourth-order valence-corrected chi connectivity index (χ4v) is 1.81. The summed E-state index contributed by atoms with van der Waals surface area (Å²) in [4.78, 5) is 11.6. The van der Waals surface area contributed by atoms with Crippen LogP contribution in [0.3, 0.4) is 0 Å². The van der Waals surface area contributed by atoms with Crippen LogP contribution in [0.25, 0.3) is 0 Å². The van der Waals surface area contributed by atoms with E-state index in [-0.39, 0.29) is 6.61 Å². The van der Waals surface area contributed by atoms with Gasteiger partial charge in [0.05, 0.1) is 11.9 Å². The van der Waals surface area contributed by atoms with Gasteiger partial charge in [-0.05, 0) is 13.8 Å². The Bertz CT molecular complexity index is 344. The molecule has 1 amide bonds. The molecule has 1 unspecified atom stereocenters. The van der Waals surface area contributed by atoms with Crippen LogP contribution in [-0.2, 0) is 19.6 Å². The first-order valence-electron chi connectivity index (χ1n) is 4.71. The lowest BCUT2D eigenvalue weighted by atomic mass is 10.0. The predicted molar refractivity (Wildman–Crippen MR) is 54.6 cm³/mol. The van der Waals surface area contributed by atoms with Gasteiger partial charge in [-0.3, -0.25) is 9.52 Å². The molecule has 0 aromatic carbocycles. The van der Waals surface area contributed by atoms with Crippen molar-refractivity contribution in [2.45, 2.75) is 31.1 Å². The number of carbonyl (C=O) groups excluding carboxylic acids is 1. The Morgan fingerprint density at radius 2 is 2.13 bits per heavy atom. The molecular formula is C8H16N2O4S. The maximum absolute atomic E-state index is 11.6. The number of nitrogens with one attached hydrogen (secondary N) is 1. The highest BCUT2D eigenvalue weighted by atomic mass is 32.2. The smallest absolute Gasteiger partial charge is 0.255 e. The van der Waals surface area contributed by atoms with Crippen molar-refractivity contribution >= 4 is 15.9 Å². The highest BCUT2D eigenvalue weighted by Gasteiger charge is 2.40. The average molecular weight is 236 g/mol. The van der Waals surface area contributed by atoms with Crippen molar-refractivity contribution in [3.63, 3.8) is 0 Å². The van der Waals surface area contributed by atoms with E-state index in [4.69, 9.17) is 10.5 Å². The molecule has 1 aliphatic heterocycles. The van der Waals surface area contributed by atoms with E-state index in [1.54, 1.807) is 0 Å². The first kappa shape index (κ1) is 12.4. The van der Waals surface area contributed by atoms with Crippen molar-refractivity contribution in [3.05, 3.63) is 0 Å². The van der Waals surface area contributed by atoms with Gasteiger partial charge in [0.15, 0.2) is 0 Å². The van der Waals surface area contributed by atoms with E-state index in [0.717, 1.165) is 0 Å². The van der Waals surface area contributed by atoms with Gasteiger partial charge < -0.3 is 10.5 Å². The number of nitrogens with two attached hydrogens (primary N) is 1. The molecule has 3 N–H and O–H groups in total. The molecule has 0 bridgehead atoms. The molecule has 0 aliphatic carbocycles. The molecule has 0 radical (unpaired) electrons. The van der Waals surface area contributed by atoms with Gasteiger partial charge in [0.1, 0.15) is 5.54 Å². The van der Waals surface area contributed by atoms with Crippen LogP contribution in [0.1, 0.15) is 20.3 Å². The van der Waals surface area contributed by atoms with E-state index in [0.29, 0.717) is 13.0 Å². The summed E-state index contributed by atoms with van der Waals surface area (Å²) in [6.45, 7) is 3.42. The summed E-state index contributed by atoms with van der Waals surface area (Å²) >= 11 is 0. The van der Waals surface area contributed by atoms with Crippen LogP contribution in [-0.4, -0.2) is 38.3 Å². The van der Waals surface area contributed by atoms with Crippen LogP contribution in [0.5, 0.6) is 0 Å². The lowest BCUT2D eigenvalue weighted by Crippen LogP contribution is -2.56. The lowest BCUT2D eigenvalue weighted by molar-refractivity contribution is -0.124. The van der Waals surface area contributed by atoms with Crippen LogP contribution in [0.4, 0.5) is 0 Å². The SMILES string of the molecule is CC(C)S(=O)(=O)NC(=O)C1(N)CCOC1. The average Bonchev–Trinajstić information content (AvgIpc) is 2.52. The second-order valence-electron chi connectivity index (χ2n) is 3.98. The first-order chi connectivity index (χ1) is 6.78. The number of hydrogen-bond acceptors (Lipinski definition) is 5. The van der Waals surface area contributed by atoms with Crippen LogP contribution < -0.4 is 10.5 Å². The molecule has 88 valence electrons. The summed E-state index contributed by atoms with van der Waals surface area (Å²) in [5, 5.41) is -0.660. The number of amides is 1. The molecule has 0 spiro atoms. The molecule has 1 rings (SSSR count). The second kappa shape index (κ2) is 4.07. The van der Waals surface area contributed by atoms with Gasteiger partial charge in [-0.25, -0.2) is 8.42 Å². The summed E-state index contributed by atoms with van der Waals surface area (Å²) in [5.74, 6) is -0.686. The molecule has 7 heteroatoms. The summed E-state index contributed by atoms with van der Waals surface area (Å²) in [7, 11) is -3.61. The maximum atomic E-state index is 11.6. The molecule has 0 aromatic heterocycles. The molecule has 1 atom stereocenters. The van der Waals surface area contributed by atoms with Gasteiger partial charge in [0.25, 0.3) is 5.91 Å². The van der Waals surface area contributed by atoms with Gasteiger partial charge in [0, 0.05) is 13.0 Å². The standard InChI is InChI=1S/C8H16N2O4S/c1-6(2)15(12,13)10-7(11)8(9)3-4-14-5-8/h6H,3-5,9H2,1-2H3,(H,10,11). The van der Waals surface area contributed by atoms with E-state index in [9.17, 15) is 13.2 Å². The van der Waals surface area contributed by atoms with E-state index in [1.807, 2.05) is 4.72 Å². The fraction of sp³-hybridized carbons (Fsp3) is 0.875. The summed E-state index contributed by atoms with van der Waals surface area (Å²) < 4.78 is 29.8. The van der Waals surface area contributed by atoms with E-state index in [2.05, 4.69) is 0 Å². The molecule has 1 fully saturated rings. The van der Waals surface area contributed by atoms with E-state index < -0.39 is 26.7 Å². The van der Waals surface area contributed by atoms with Crippen molar-refractivity contribution in [1.82, 2.24) is 4.72 Å². The summed E-state index contributed by atoms with van der Waals surface area (Å²) in [6.07, 6.45) is 0.340. The normalized spacial score (nSPS) is 26.9. The Kier molecular flexibility index (Phi) is 3.37. The third-order valence-corrected chi connectivity index (χ3v) is 4.07. The Morgan fingerprint density at radius 3 is 2.53 bits per heavy atom. The zero-order valence-corrected chi connectivity index (χ0v) is 9.63. The molecule has 15 heavy (non-hydrogen) atoms. The van der Waals surface area contributed by atoms with Crippen LogP contribution in [0.2, 0.25) is 0 Å². The molecule has 1 heterocycles. The zero-order valence-electron chi connectivity index (χ0n) is 8.82. The van der Waals surface area contributed by atoms with Crippen molar-refractivity contribution in [1.29, 1.82) is 0 Å². The van der Waals surface area contributed by atoms with Crippen LogP contribution in [0, 0.1) is 0 Å². The minimum Gasteiger partial charge on any atom is -0.379 e. The minimum atomic E-state index is -3.61. The van der Waals surface area contributed by atoms with Crippen molar-refractivity contribution in [2.75, 3.05) is 13.2 Å². The van der Waals surface area contributed by atoms with Crippen LogP contribution in [0.15, 0.2) is 0 Å². The second-order valence-corrected chi connectivity index (χ2v) is 6.22. The largest absolute Gasteiger partial charge is 0.379 e. The van der Waals surface area contributed by atoms with Crippen molar-refractivity contribution in [2.24, 2.45) is 5.73 Å². The molecule has 1 saturated heterocycles. The number of ether oxygens (including phenoxy) is 1. The van der Waals surface area contributed by atoms with Gasteiger partial charge >= 0.3 is 0 Å². The van der Waals surface area contributed by atoms with E-state index >= 15 is 0 Å². The third kappa shape index (κ3) is 2.67. The third-order valence-electron chi connectivity index (χ3n) is 2.36. The number of rotatable bonds is 3. The minimum absolute atomic E-state index is 0.0620. The number of sulfonamides is 1. The van der Waals surface area contributed by atoms with Crippen molar-refractivity contribution < 1.29 is 17.9 Å². The van der Waals surface area contributed by atoms with E-state index in [1.165, 1.54) is 13.8 Å². The highest BCUT2D eigenvalue weighted by Crippen LogP contribution is 2.16. The topological polar surface area (TPSA) is 98.5 Å². The molecular weight excluding hydrogens is 220 g/mol. The quantitative estimate of drug-likeness (QED) is 0.652. The van der Waals surface area contributed by atoms with Gasteiger partial charge in [-0.15, -0.1) is 0 Å². The molecule has 1 aliphatic rings. The molecule has 0 saturated carbocycles. The Hall–Kier alpha value is -0.660. The Labute approximate surface area is 89.2 Å². The highest BCUT2D eigenvalue weighted by molar-refractivity contribution is 7.90. The van der Waals surface area contributed by atoms with Crippen molar-refractivity contribution in [3.8, 4) is 0 Å². The fourth-order valence-electron chi connectivity index (χ4n) is 1.11. The number of hydrogen-bond donors (Lipinski definition) is 2. The summed E-state index contributed by atoms with van der Waals surface area (Å²) in [6, 6.07) is 0.